The maximum absolute atomic E-state index is 10.7. The van der Waals surface area contributed by atoms with E-state index in [2.05, 4.69) is 14.7 Å². The third kappa shape index (κ3) is 1.95. The molecule has 0 atom stereocenters. The molecule has 1 heterocycles. The average Bonchev–Trinajstić information content (AvgIpc) is 2.47. The highest BCUT2D eigenvalue weighted by molar-refractivity contribution is 5.86. The van der Waals surface area contributed by atoms with Gasteiger partial charge in [-0.2, -0.15) is 0 Å². The first-order valence-electron chi connectivity index (χ1n) is 3.50. The van der Waals surface area contributed by atoms with E-state index in [1.807, 2.05) is 6.92 Å². The Morgan fingerprint density at radius 2 is 2.50 bits per heavy atom. The van der Waals surface area contributed by atoms with E-state index in [1.165, 1.54) is 13.2 Å². The maximum Gasteiger partial charge on any atom is 0.330 e. The Morgan fingerprint density at radius 1 is 1.75 bits per heavy atom. The van der Waals surface area contributed by atoms with Crippen LogP contribution in [0.3, 0.4) is 0 Å². The van der Waals surface area contributed by atoms with Crippen LogP contribution < -0.4 is 0 Å². The van der Waals surface area contributed by atoms with Crippen molar-refractivity contribution in [3.63, 3.8) is 0 Å². The molecule has 0 saturated carbocycles. The van der Waals surface area contributed by atoms with Crippen molar-refractivity contribution in [3.05, 3.63) is 23.8 Å². The van der Waals surface area contributed by atoms with Crippen LogP contribution in [0.2, 0.25) is 0 Å². The number of imidazole rings is 1. The maximum atomic E-state index is 10.7. The fourth-order valence-corrected chi connectivity index (χ4v) is 0.752. The minimum atomic E-state index is -0.377. The summed E-state index contributed by atoms with van der Waals surface area (Å²) in [5.74, 6) is -0.377. The van der Waals surface area contributed by atoms with Gasteiger partial charge in [0.05, 0.1) is 19.1 Å². The molecule has 0 aliphatic rings. The summed E-state index contributed by atoms with van der Waals surface area (Å²) < 4.78 is 4.42. The zero-order valence-corrected chi connectivity index (χ0v) is 7.00. The summed E-state index contributed by atoms with van der Waals surface area (Å²) in [5.41, 5.74) is 1.68. The number of rotatable bonds is 2. The summed E-state index contributed by atoms with van der Waals surface area (Å²) in [7, 11) is 1.34. The van der Waals surface area contributed by atoms with Gasteiger partial charge in [-0.1, -0.05) is 0 Å². The van der Waals surface area contributed by atoms with Crippen molar-refractivity contribution in [2.24, 2.45) is 0 Å². The van der Waals surface area contributed by atoms with Crippen molar-refractivity contribution < 1.29 is 9.53 Å². The van der Waals surface area contributed by atoms with Gasteiger partial charge in [0.25, 0.3) is 0 Å². The molecule has 0 amide bonds. The molecule has 0 saturated heterocycles. The van der Waals surface area contributed by atoms with E-state index in [0.717, 1.165) is 11.4 Å². The molecular weight excluding hydrogens is 156 g/mol. The number of hydrogen-bond donors (Lipinski definition) is 1. The van der Waals surface area contributed by atoms with Crippen molar-refractivity contribution in [2.75, 3.05) is 7.11 Å². The second kappa shape index (κ2) is 3.71. The highest BCUT2D eigenvalue weighted by Gasteiger charge is 1.96. The minimum Gasteiger partial charge on any atom is -0.466 e. The zero-order chi connectivity index (χ0) is 8.97. The van der Waals surface area contributed by atoms with Crippen LogP contribution in [-0.4, -0.2) is 23.0 Å². The molecule has 0 fully saturated rings. The Labute approximate surface area is 70.3 Å². The minimum absolute atomic E-state index is 0.377. The second-order valence-corrected chi connectivity index (χ2v) is 2.27. The normalized spacial score (nSPS) is 10.5. The lowest BCUT2D eigenvalue weighted by molar-refractivity contribution is -0.134. The third-order valence-corrected chi connectivity index (χ3v) is 1.45. The van der Waals surface area contributed by atoms with Crippen molar-refractivity contribution in [2.45, 2.75) is 6.92 Å². The quantitative estimate of drug-likeness (QED) is 0.524. The third-order valence-electron chi connectivity index (χ3n) is 1.45. The molecule has 12 heavy (non-hydrogen) atoms. The summed E-state index contributed by atoms with van der Waals surface area (Å²) in [4.78, 5) is 17.5. The summed E-state index contributed by atoms with van der Waals surface area (Å²) in [5, 5.41) is 0. The predicted octanol–water partition coefficient (Wildman–Crippen LogP) is 0.904. The Balaban J connectivity index is 2.69. The van der Waals surface area contributed by atoms with E-state index in [4.69, 9.17) is 0 Å². The van der Waals surface area contributed by atoms with Gasteiger partial charge in [0, 0.05) is 11.8 Å². The molecule has 0 unspecified atom stereocenters. The number of esters is 1. The molecule has 0 aliphatic heterocycles. The topological polar surface area (TPSA) is 55.0 Å². The van der Waals surface area contributed by atoms with Crippen molar-refractivity contribution in [3.8, 4) is 0 Å². The van der Waals surface area contributed by atoms with Crippen LogP contribution in [0, 0.1) is 6.92 Å². The van der Waals surface area contributed by atoms with Gasteiger partial charge in [-0.3, -0.25) is 0 Å². The number of hydrogen-bond acceptors (Lipinski definition) is 3. The molecule has 0 bridgehead atoms. The Bertz CT molecular complexity index is 302. The number of nitrogens with zero attached hydrogens (tertiary/aromatic N) is 1. The highest BCUT2D eigenvalue weighted by atomic mass is 16.5. The average molecular weight is 166 g/mol. The van der Waals surface area contributed by atoms with Crippen LogP contribution in [0.15, 0.2) is 12.4 Å². The summed E-state index contributed by atoms with van der Waals surface area (Å²) in [6.45, 7) is 1.88. The van der Waals surface area contributed by atoms with E-state index < -0.39 is 0 Å². The number of aromatic nitrogens is 2. The lowest BCUT2D eigenvalue weighted by Gasteiger charge is -1.89. The molecule has 0 aliphatic carbocycles. The smallest absolute Gasteiger partial charge is 0.330 e. The van der Waals surface area contributed by atoms with Crippen molar-refractivity contribution in [1.82, 2.24) is 9.97 Å². The van der Waals surface area contributed by atoms with E-state index in [0.29, 0.717) is 0 Å². The monoisotopic (exact) mass is 166 g/mol. The van der Waals surface area contributed by atoms with Crippen LogP contribution in [0.25, 0.3) is 6.08 Å². The van der Waals surface area contributed by atoms with Gasteiger partial charge in [0.15, 0.2) is 0 Å². The molecule has 64 valence electrons. The molecule has 1 N–H and O–H groups in total. The molecular formula is C8H10N2O2. The van der Waals surface area contributed by atoms with E-state index in [9.17, 15) is 4.79 Å². The van der Waals surface area contributed by atoms with Crippen LogP contribution in [0.1, 0.15) is 11.4 Å². The fraction of sp³-hybridized carbons (Fsp3) is 0.250. The first-order chi connectivity index (χ1) is 5.74. The van der Waals surface area contributed by atoms with Gasteiger partial charge in [-0.05, 0) is 13.0 Å². The molecule has 0 aromatic carbocycles. The number of ether oxygens (including phenoxy) is 1. The van der Waals surface area contributed by atoms with Gasteiger partial charge < -0.3 is 9.72 Å². The molecule has 0 radical (unpaired) electrons. The van der Waals surface area contributed by atoms with E-state index in [1.54, 1.807) is 12.4 Å². The lowest BCUT2D eigenvalue weighted by atomic mass is 10.3. The number of carbonyl (C=O) groups excluding carboxylic acids is 1. The van der Waals surface area contributed by atoms with Gasteiger partial charge in [0.2, 0.25) is 0 Å². The number of H-pyrrole nitrogens is 1. The number of aryl methyl sites for hydroxylation is 1. The largest absolute Gasteiger partial charge is 0.466 e. The Kier molecular flexibility index (Phi) is 2.63. The summed E-state index contributed by atoms with van der Waals surface area (Å²) in [6, 6.07) is 0. The number of methoxy groups -OCH3 is 1. The zero-order valence-electron chi connectivity index (χ0n) is 7.00. The lowest BCUT2D eigenvalue weighted by Crippen LogP contribution is -1.93. The van der Waals surface area contributed by atoms with Crippen LogP contribution in [-0.2, 0) is 9.53 Å². The standard InChI is InChI=1S/C8H10N2O2/c1-6-7(10-5-9-6)3-4-8(11)12-2/h3-5H,1-2H3,(H,9,10). The summed E-state index contributed by atoms with van der Waals surface area (Å²) in [6.07, 6.45) is 4.52. The first-order valence-corrected chi connectivity index (χ1v) is 3.50. The first kappa shape index (κ1) is 8.52. The van der Waals surface area contributed by atoms with E-state index in [-0.39, 0.29) is 5.97 Å². The van der Waals surface area contributed by atoms with Crippen LogP contribution in [0.4, 0.5) is 0 Å². The molecule has 1 rings (SSSR count). The van der Waals surface area contributed by atoms with Gasteiger partial charge in [-0.15, -0.1) is 0 Å². The van der Waals surface area contributed by atoms with Crippen LogP contribution in [0.5, 0.6) is 0 Å². The van der Waals surface area contributed by atoms with Gasteiger partial charge >= 0.3 is 5.97 Å². The van der Waals surface area contributed by atoms with Gasteiger partial charge in [-0.25, -0.2) is 9.78 Å². The van der Waals surface area contributed by atoms with Gasteiger partial charge in [0.1, 0.15) is 0 Å². The molecule has 4 nitrogen and oxygen atoms in total. The molecule has 4 heteroatoms. The number of carbonyl (C=O) groups is 1. The molecule has 1 aromatic rings. The Morgan fingerprint density at radius 3 is 3.00 bits per heavy atom. The molecule has 1 aromatic heterocycles. The van der Waals surface area contributed by atoms with Crippen LogP contribution >= 0.6 is 0 Å². The fourth-order valence-electron chi connectivity index (χ4n) is 0.752. The number of aromatic amines is 1. The Hall–Kier alpha value is -1.58. The van der Waals surface area contributed by atoms with Crippen molar-refractivity contribution in [1.29, 1.82) is 0 Å². The number of nitrogens with one attached hydrogen (secondary N) is 1. The highest BCUT2D eigenvalue weighted by Crippen LogP contribution is 2.02. The molecule has 0 spiro atoms. The second-order valence-electron chi connectivity index (χ2n) is 2.27. The SMILES string of the molecule is COC(=O)C=Cc1nc[nH]c1C. The summed E-state index contributed by atoms with van der Waals surface area (Å²) >= 11 is 0. The van der Waals surface area contributed by atoms with Crippen molar-refractivity contribution >= 4 is 12.0 Å². The predicted molar refractivity (Wildman–Crippen MR) is 44.4 cm³/mol. The van der Waals surface area contributed by atoms with E-state index >= 15 is 0 Å².